The van der Waals surface area contributed by atoms with E-state index in [1.807, 2.05) is 0 Å². The van der Waals surface area contributed by atoms with Gasteiger partial charge in [0.05, 0.1) is 0 Å². The fraction of sp³-hybridized carbons (Fsp3) is 0.250. The average Bonchev–Trinajstić information content (AvgIpc) is 2.38. The third-order valence-electron chi connectivity index (χ3n) is 3.72. The number of halogens is 2. The van der Waals surface area contributed by atoms with Crippen molar-refractivity contribution in [2.24, 2.45) is 0 Å². The Morgan fingerprint density at radius 1 is 1.16 bits per heavy atom. The SMILES string of the molecule is Fc1cccc(Cl)c1CNCC1Cc2ccccc21. The summed E-state index contributed by atoms with van der Waals surface area (Å²) in [7, 11) is 0. The van der Waals surface area contributed by atoms with Crippen molar-refractivity contribution in [2.45, 2.75) is 18.9 Å². The van der Waals surface area contributed by atoms with Gasteiger partial charge in [-0.2, -0.15) is 0 Å². The molecular formula is C16H15ClFN. The van der Waals surface area contributed by atoms with Crippen LogP contribution in [0, 0.1) is 5.82 Å². The largest absolute Gasteiger partial charge is 0.312 e. The lowest BCUT2D eigenvalue weighted by Crippen LogP contribution is -2.29. The standard InChI is InChI=1S/C16H15ClFN/c17-15-6-3-7-16(18)14(15)10-19-9-12-8-11-4-1-2-5-13(11)12/h1-7,12,19H,8-10H2. The van der Waals surface area contributed by atoms with Crippen molar-refractivity contribution in [3.8, 4) is 0 Å². The second-order valence-electron chi connectivity index (χ2n) is 4.93. The molecule has 0 aromatic heterocycles. The molecule has 1 aliphatic rings. The van der Waals surface area contributed by atoms with Crippen LogP contribution >= 0.6 is 11.6 Å². The molecule has 98 valence electrons. The van der Waals surface area contributed by atoms with Gasteiger partial charge in [-0.15, -0.1) is 0 Å². The van der Waals surface area contributed by atoms with Gasteiger partial charge in [0.25, 0.3) is 0 Å². The lowest BCUT2D eigenvalue weighted by molar-refractivity contribution is 0.523. The van der Waals surface area contributed by atoms with Gasteiger partial charge in [-0.05, 0) is 29.7 Å². The van der Waals surface area contributed by atoms with Gasteiger partial charge in [0.15, 0.2) is 0 Å². The molecule has 0 saturated carbocycles. The summed E-state index contributed by atoms with van der Waals surface area (Å²) in [6, 6.07) is 13.3. The van der Waals surface area contributed by atoms with Crippen molar-refractivity contribution < 1.29 is 4.39 Å². The minimum atomic E-state index is -0.242. The lowest BCUT2D eigenvalue weighted by Gasteiger charge is -2.30. The Morgan fingerprint density at radius 2 is 2.00 bits per heavy atom. The lowest BCUT2D eigenvalue weighted by atomic mass is 9.77. The maximum Gasteiger partial charge on any atom is 0.129 e. The first-order valence-corrected chi connectivity index (χ1v) is 6.85. The van der Waals surface area contributed by atoms with Crippen molar-refractivity contribution in [1.29, 1.82) is 0 Å². The van der Waals surface area contributed by atoms with Crippen molar-refractivity contribution in [3.05, 3.63) is 70.0 Å². The number of nitrogens with one attached hydrogen (secondary N) is 1. The molecule has 1 aliphatic carbocycles. The van der Waals surface area contributed by atoms with E-state index in [2.05, 4.69) is 29.6 Å². The first kappa shape index (κ1) is 12.6. The topological polar surface area (TPSA) is 12.0 Å². The van der Waals surface area contributed by atoms with E-state index in [1.165, 1.54) is 17.2 Å². The zero-order chi connectivity index (χ0) is 13.2. The van der Waals surface area contributed by atoms with E-state index in [1.54, 1.807) is 12.1 Å². The van der Waals surface area contributed by atoms with Crippen LogP contribution < -0.4 is 5.32 Å². The van der Waals surface area contributed by atoms with Crippen molar-refractivity contribution in [2.75, 3.05) is 6.54 Å². The monoisotopic (exact) mass is 275 g/mol. The Bertz CT molecular complexity index is 577. The molecule has 3 rings (SSSR count). The molecule has 0 heterocycles. The van der Waals surface area contributed by atoms with Gasteiger partial charge in [0.1, 0.15) is 5.82 Å². The Balaban J connectivity index is 1.58. The summed E-state index contributed by atoms with van der Waals surface area (Å²) in [5.41, 5.74) is 3.39. The van der Waals surface area contributed by atoms with Gasteiger partial charge in [-0.25, -0.2) is 4.39 Å². The molecule has 3 heteroatoms. The number of hydrogen-bond acceptors (Lipinski definition) is 1. The van der Waals surface area contributed by atoms with Gasteiger partial charge >= 0.3 is 0 Å². The van der Waals surface area contributed by atoms with Gasteiger partial charge in [0, 0.05) is 29.6 Å². The maximum absolute atomic E-state index is 13.6. The quantitative estimate of drug-likeness (QED) is 0.892. The molecule has 19 heavy (non-hydrogen) atoms. The van der Waals surface area contributed by atoms with Crippen molar-refractivity contribution in [3.63, 3.8) is 0 Å². The molecule has 0 radical (unpaired) electrons. The summed E-state index contributed by atoms with van der Waals surface area (Å²) in [4.78, 5) is 0. The normalized spacial score (nSPS) is 16.8. The molecule has 0 bridgehead atoms. The minimum Gasteiger partial charge on any atom is -0.312 e. The van der Waals surface area contributed by atoms with Crippen LogP contribution in [0.2, 0.25) is 5.02 Å². The van der Waals surface area contributed by atoms with Crippen LogP contribution in [0.25, 0.3) is 0 Å². The molecule has 1 unspecified atom stereocenters. The Morgan fingerprint density at radius 3 is 2.79 bits per heavy atom. The van der Waals surface area contributed by atoms with E-state index in [0.717, 1.165) is 13.0 Å². The zero-order valence-corrected chi connectivity index (χ0v) is 11.3. The molecule has 0 amide bonds. The van der Waals surface area contributed by atoms with Gasteiger partial charge in [0.2, 0.25) is 0 Å². The number of rotatable bonds is 4. The summed E-state index contributed by atoms with van der Waals surface area (Å²) < 4.78 is 13.6. The highest BCUT2D eigenvalue weighted by atomic mass is 35.5. The van der Waals surface area contributed by atoms with Gasteiger partial charge in [-0.1, -0.05) is 41.9 Å². The van der Waals surface area contributed by atoms with E-state index in [4.69, 9.17) is 11.6 Å². The predicted molar refractivity (Wildman–Crippen MR) is 76.0 cm³/mol. The van der Waals surface area contributed by atoms with E-state index < -0.39 is 0 Å². The molecule has 0 spiro atoms. The molecule has 1 N–H and O–H groups in total. The number of fused-ring (bicyclic) bond motifs is 1. The van der Waals surface area contributed by atoms with E-state index in [0.29, 0.717) is 23.0 Å². The summed E-state index contributed by atoms with van der Waals surface area (Å²) in [5.74, 6) is 0.302. The zero-order valence-electron chi connectivity index (χ0n) is 10.5. The highest BCUT2D eigenvalue weighted by Gasteiger charge is 2.24. The summed E-state index contributed by atoms with van der Waals surface area (Å²) >= 11 is 5.99. The number of hydrogen-bond donors (Lipinski definition) is 1. The van der Waals surface area contributed by atoms with E-state index in [9.17, 15) is 4.39 Å². The Kier molecular flexibility index (Phi) is 3.54. The van der Waals surface area contributed by atoms with Crippen LogP contribution in [-0.2, 0) is 13.0 Å². The average molecular weight is 276 g/mol. The molecule has 2 aromatic rings. The first-order chi connectivity index (χ1) is 9.25. The second-order valence-corrected chi connectivity index (χ2v) is 5.34. The fourth-order valence-corrected chi connectivity index (χ4v) is 2.85. The van der Waals surface area contributed by atoms with Crippen LogP contribution in [0.15, 0.2) is 42.5 Å². The van der Waals surface area contributed by atoms with Crippen LogP contribution in [0.3, 0.4) is 0 Å². The van der Waals surface area contributed by atoms with E-state index >= 15 is 0 Å². The predicted octanol–water partition coefficient (Wildman–Crippen LogP) is 3.91. The van der Waals surface area contributed by atoms with E-state index in [-0.39, 0.29) is 5.82 Å². The Labute approximate surface area is 117 Å². The summed E-state index contributed by atoms with van der Waals surface area (Å²) in [6.45, 7) is 1.34. The van der Waals surface area contributed by atoms with Crippen molar-refractivity contribution in [1.82, 2.24) is 5.32 Å². The highest BCUT2D eigenvalue weighted by Crippen LogP contribution is 2.34. The van der Waals surface area contributed by atoms with Crippen molar-refractivity contribution >= 4 is 11.6 Å². The maximum atomic E-state index is 13.6. The molecule has 1 nitrogen and oxygen atoms in total. The minimum absolute atomic E-state index is 0.242. The molecule has 2 aromatic carbocycles. The fourth-order valence-electron chi connectivity index (χ4n) is 2.62. The third kappa shape index (κ3) is 2.51. The summed E-state index contributed by atoms with van der Waals surface area (Å²) in [5, 5.41) is 3.79. The molecular weight excluding hydrogens is 261 g/mol. The smallest absolute Gasteiger partial charge is 0.129 e. The van der Waals surface area contributed by atoms with Crippen LogP contribution in [0.1, 0.15) is 22.6 Å². The van der Waals surface area contributed by atoms with Crippen LogP contribution in [-0.4, -0.2) is 6.54 Å². The molecule has 0 saturated heterocycles. The van der Waals surface area contributed by atoms with Gasteiger partial charge in [-0.3, -0.25) is 0 Å². The van der Waals surface area contributed by atoms with Crippen LogP contribution in [0.5, 0.6) is 0 Å². The molecule has 0 aliphatic heterocycles. The first-order valence-electron chi connectivity index (χ1n) is 6.47. The molecule has 0 fully saturated rings. The Hall–Kier alpha value is -1.38. The second kappa shape index (κ2) is 5.32. The van der Waals surface area contributed by atoms with Gasteiger partial charge < -0.3 is 5.32 Å². The molecule has 1 atom stereocenters. The summed E-state index contributed by atoms with van der Waals surface area (Å²) in [6.07, 6.45) is 1.11. The number of benzene rings is 2. The highest BCUT2D eigenvalue weighted by molar-refractivity contribution is 6.31. The third-order valence-corrected chi connectivity index (χ3v) is 4.07. The van der Waals surface area contributed by atoms with Crippen LogP contribution in [0.4, 0.5) is 4.39 Å².